The van der Waals surface area contributed by atoms with Crippen LogP contribution in [0.25, 0.3) is 0 Å². The van der Waals surface area contributed by atoms with Crippen molar-refractivity contribution in [3.63, 3.8) is 0 Å². The molecule has 90 valence electrons. The largest absolute Gasteiger partial charge is 0.372 e. The molecule has 0 amide bonds. The zero-order valence-corrected chi connectivity index (χ0v) is 9.77. The second-order valence-corrected chi connectivity index (χ2v) is 5.45. The quantitative estimate of drug-likeness (QED) is 0.624. The predicted octanol–water partition coefficient (Wildman–Crippen LogP) is 0.942. The molecule has 0 aromatic rings. The minimum absolute atomic E-state index is 0.249. The van der Waals surface area contributed by atoms with Crippen molar-refractivity contribution >= 4 is 0 Å². The molecule has 0 aromatic heterocycles. The minimum Gasteiger partial charge on any atom is -0.372 e. The molecule has 2 saturated heterocycles. The third-order valence-electron chi connectivity index (χ3n) is 5.12. The lowest BCUT2D eigenvalue weighted by Gasteiger charge is -2.64. The van der Waals surface area contributed by atoms with Gasteiger partial charge in [-0.05, 0) is 12.8 Å². The van der Waals surface area contributed by atoms with E-state index in [1.165, 1.54) is 0 Å². The van der Waals surface area contributed by atoms with E-state index >= 15 is 0 Å². The van der Waals surface area contributed by atoms with Gasteiger partial charge in [-0.2, -0.15) is 0 Å². The number of hydrogen-bond acceptors (Lipinski definition) is 4. The van der Waals surface area contributed by atoms with Crippen LogP contribution in [0.2, 0.25) is 0 Å². The molecular formula is C12H18O4. The SMILES string of the molecule is CO[C@]12CC[C@H]3O[C@H]3[C@H]1C(C)C21OCCO1. The Morgan fingerprint density at radius 2 is 2.00 bits per heavy atom. The van der Waals surface area contributed by atoms with Crippen LogP contribution in [0, 0.1) is 11.8 Å². The molecule has 4 rings (SSSR count). The van der Waals surface area contributed by atoms with E-state index in [2.05, 4.69) is 6.92 Å². The Morgan fingerprint density at radius 3 is 2.69 bits per heavy atom. The van der Waals surface area contributed by atoms with E-state index in [1.54, 1.807) is 7.11 Å². The molecule has 0 N–H and O–H groups in total. The van der Waals surface area contributed by atoms with Gasteiger partial charge in [-0.1, -0.05) is 6.92 Å². The fourth-order valence-electron chi connectivity index (χ4n) is 4.43. The number of rotatable bonds is 1. The summed E-state index contributed by atoms with van der Waals surface area (Å²) in [6.07, 6.45) is 2.95. The van der Waals surface area contributed by atoms with Crippen molar-refractivity contribution in [3.8, 4) is 0 Å². The lowest BCUT2D eigenvalue weighted by molar-refractivity contribution is -0.401. The molecule has 4 nitrogen and oxygen atoms in total. The van der Waals surface area contributed by atoms with E-state index in [0.29, 0.717) is 37.3 Å². The molecule has 1 unspecified atom stereocenters. The summed E-state index contributed by atoms with van der Waals surface area (Å²) < 4.78 is 23.4. The highest BCUT2D eigenvalue weighted by molar-refractivity contribution is 5.24. The molecule has 4 heteroatoms. The Balaban J connectivity index is 1.74. The molecule has 1 spiro atoms. The number of ether oxygens (including phenoxy) is 4. The van der Waals surface area contributed by atoms with Gasteiger partial charge in [0.15, 0.2) is 0 Å². The van der Waals surface area contributed by atoms with Gasteiger partial charge in [0, 0.05) is 18.9 Å². The number of epoxide rings is 1. The summed E-state index contributed by atoms with van der Waals surface area (Å²) in [4.78, 5) is 0. The van der Waals surface area contributed by atoms with Crippen molar-refractivity contribution in [1.29, 1.82) is 0 Å². The summed E-state index contributed by atoms with van der Waals surface area (Å²) in [5, 5.41) is 0. The second kappa shape index (κ2) is 2.80. The first kappa shape index (κ1) is 9.83. The summed E-state index contributed by atoms with van der Waals surface area (Å²) in [6.45, 7) is 3.59. The summed E-state index contributed by atoms with van der Waals surface area (Å²) in [6, 6.07) is 0. The van der Waals surface area contributed by atoms with Crippen molar-refractivity contribution in [3.05, 3.63) is 0 Å². The van der Waals surface area contributed by atoms with E-state index in [4.69, 9.17) is 18.9 Å². The molecule has 4 aliphatic rings. The topological polar surface area (TPSA) is 40.2 Å². The van der Waals surface area contributed by atoms with Gasteiger partial charge in [0.1, 0.15) is 5.60 Å². The van der Waals surface area contributed by atoms with Crippen LogP contribution in [0.4, 0.5) is 0 Å². The van der Waals surface area contributed by atoms with Crippen LogP contribution in [0.5, 0.6) is 0 Å². The predicted molar refractivity (Wildman–Crippen MR) is 54.9 cm³/mol. The van der Waals surface area contributed by atoms with Crippen molar-refractivity contribution < 1.29 is 18.9 Å². The maximum atomic E-state index is 5.92. The Labute approximate surface area is 95.2 Å². The normalized spacial score (nSPS) is 56.6. The van der Waals surface area contributed by atoms with E-state index in [0.717, 1.165) is 12.8 Å². The average molecular weight is 226 g/mol. The Hall–Kier alpha value is -0.160. The van der Waals surface area contributed by atoms with Crippen LogP contribution in [0.1, 0.15) is 19.8 Å². The third kappa shape index (κ3) is 0.817. The number of fused-ring (bicyclic) bond motifs is 4. The van der Waals surface area contributed by atoms with Gasteiger partial charge < -0.3 is 18.9 Å². The molecule has 5 atom stereocenters. The molecule has 16 heavy (non-hydrogen) atoms. The van der Waals surface area contributed by atoms with Gasteiger partial charge >= 0.3 is 0 Å². The van der Waals surface area contributed by atoms with Crippen LogP contribution >= 0.6 is 0 Å². The van der Waals surface area contributed by atoms with Crippen molar-refractivity contribution in [2.45, 2.75) is 43.4 Å². The van der Waals surface area contributed by atoms with Gasteiger partial charge in [0.2, 0.25) is 5.79 Å². The number of methoxy groups -OCH3 is 1. The summed E-state index contributed by atoms with van der Waals surface area (Å²) in [5.41, 5.74) is -0.249. The highest BCUT2D eigenvalue weighted by Crippen LogP contribution is 2.67. The molecule has 0 bridgehead atoms. The molecule has 2 heterocycles. The maximum Gasteiger partial charge on any atom is 0.201 e. The maximum absolute atomic E-state index is 5.92. The van der Waals surface area contributed by atoms with Crippen molar-refractivity contribution in [2.75, 3.05) is 20.3 Å². The first-order chi connectivity index (χ1) is 7.75. The monoisotopic (exact) mass is 226 g/mol. The lowest BCUT2D eigenvalue weighted by Crippen LogP contribution is -2.78. The first-order valence-electron chi connectivity index (χ1n) is 6.24. The van der Waals surface area contributed by atoms with Crippen LogP contribution in [0.15, 0.2) is 0 Å². The van der Waals surface area contributed by atoms with Crippen LogP contribution in [-0.2, 0) is 18.9 Å². The van der Waals surface area contributed by atoms with E-state index in [9.17, 15) is 0 Å². The first-order valence-corrected chi connectivity index (χ1v) is 6.24. The minimum atomic E-state index is -0.483. The summed E-state index contributed by atoms with van der Waals surface area (Å²) in [7, 11) is 1.79. The fraction of sp³-hybridized carbons (Fsp3) is 1.00. The summed E-state index contributed by atoms with van der Waals surface area (Å²) in [5.74, 6) is 0.350. The van der Waals surface area contributed by atoms with Gasteiger partial charge in [-0.3, -0.25) is 0 Å². The van der Waals surface area contributed by atoms with Gasteiger partial charge in [-0.15, -0.1) is 0 Å². The van der Waals surface area contributed by atoms with Crippen molar-refractivity contribution in [1.82, 2.24) is 0 Å². The van der Waals surface area contributed by atoms with Gasteiger partial charge in [0.05, 0.1) is 25.4 Å². The highest BCUT2D eigenvalue weighted by Gasteiger charge is 2.80. The van der Waals surface area contributed by atoms with Gasteiger partial charge in [0.25, 0.3) is 0 Å². The van der Waals surface area contributed by atoms with Crippen molar-refractivity contribution in [2.24, 2.45) is 11.8 Å². The van der Waals surface area contributed by atoms with Crippen LogP contribution in [-0.4, -0.2) is 43.9 Å². The fourth-order valence-corrected chi connectivity index (χ4v) is 4.43. The molecular weight excluding hydrogens is 208 g/mol. The lowest BCUT2D eigenvalue weighted by atomic mass is 9.51. The Kier molecular flexibility index (Phi) is 1.72. The number of hydrogen-bond donors (Lipinski definition) is 0. The average Bonchev–Trinajstić information content (AvgIpc) is 2.88. The zero-order chi connectivity index (χ0) is 11.0. The Morgan fingerprint density at radius 1 is 1.25 bits per heavy atom. The Bertz CT molecular complexity index is 325. The summed E-state index contributed by atoms with van der Waals surface area (Å²) >= 11 is 0. The zero-order valence-electron chi connectivity index (χ0n) is 9.77. The molecule has 2 saturated carbocycles. The third-order valence-corrected chi connectivity index (χ3v) is 5.12. The molecule has 0 aromatic carbocycles. The smallest absolute Gasteiger partial charge is 0.201 e. The van der Waals surface area contributed by atoms with E-state index < -0.39 is 5.79 Å². The van der Waals surface area contributed by atoms with E-state index in [-0.39, 0.29) is 5.60 Å². The van der Waals surface area contributed by atoms with E-state index in [1.807, 2.05) is 0 Å². The van der Waals surface area contributed by atoms with Crippen LogP contribution in [0.3, 0.4) is 0 Å². The molecule has 0 radical (unpaired) electrons. The molecule has 2 aliphatic carbocycles. The standard InChI is InChI=1S/C12H18O4/c1-7-9-10-8(16-10)3-4-11(9,13-2)12(7)14-5-6-15-12/h7-10H,3-6H2,1-2H3/t7?,8-,9-,10-,11-/m1/s1. The van der Waals surface area contributed by atoms with Crippen LogP contribution < -0.4 is 0 Å². The molecule has 2 aliphatic heterocycles. The highest BCUT2D eigenvalue weighted by atomic mass is 16.8. The second-order valence-electron chi connectivity index (χ2n) is 5.45. The molecule has 4 fully saturated rings. The van der Waals surface area contributed by atoms with Gasteiger partial charge in [-0.25, -0.2) is 0 Å².